The molecule has 0 aromatic heterocycles. The van der Waals surface area contributed by atoms with Crippen LogP contribution >= 0.6 is 0 Å². The summed E-state index contributed by atoms with van der Waals surface area (Å²) in [6.45, 7) is -5.04. The van der Waals surface area contributed by atoms with Crippen LogP contribution < -0.4 is 0 Å². The number of aliphatic hydroxyl groups excluding tert-OH is 5. The van der Waals surface area contributed by atoms with Gasteiger partial charge < -0.3 is 30.3 Å². The lowest BCUT2D eigenvalue weighted by molar-refractivity contribution is -0.462. The molecule has 0 spiro atoms. The molecule has 0 aliphatic carbocycles. The first-order valence-electron chi connectivity index (χ1n) is 9.56. The van der Waals surface area contributed by atoms with Gasteiger partial charge in [-0.05, 0) is 0 Å². The number of halogens is 17. The van der Waals surface area contributed by atoms with E-state index >= 15 is 0 Å². The molecule has 39 heavy (non-hydrogen) atoms. The predicted octanol–water partition coefficient (Wildman–Crippen LogP) is 2.84. The quantitative estimate of drug-likeness (QED) is 0.179. The Kier molecular flexibility index (Phi) is 11.0. The number of hydrogen-bond donors (Lipinski definition) is 5. The fourth-order valence-corrected chi connectivity index (χ4v) is 2.54. The van der Waals surface area contributed by atoms with E-state index in [1.807, 2.05) is 0 Å². The molecular formula is C16H17F17O6. The van der Waals surface area contributed by atoms with Crippen molar-refractivity contribution >= 4 is 0 Å². The van der Waals surface area contributed by atoms with Crippen LogP contribution in [0.5, 0.6) is 0 Å². The van der Waals surface area contributed by atoms with E-state index in [1.165, 1.54) is 0 Å². The van der Waals surface area contributed by atoms with Crippen molar-refractivity contribution in [2.75, 3.05) is 19.8 Å². The second-order valence-corrected chi connectivity index (χ2v) is 7.72. The van der Waals surface area contributed by atoms with Crippen LogP contribution in [-0.4, -0.2) is 117 Å². The molecule has 4 atom stereocenters. The first-order valence-corrected chi connectivity index (χ1v) is 9.56. The summed E-state index contributed by atoms with van der Waals surface area (Å²) in [5.74, 6) is -57.6. The summed E-state index contributed by atoms with van der Waals surface area (Å²) >= 11 is 0. The van der Waals surface area contributed by atoms with Crippen molar-refractivity contribution < 1.29 is 105 Å². The van der Waals surface area contributed by atoms with Gasteiger partial charge in [-0.1, -0.05) is 0 Å². The maximum absolute atomic E-state index is 13.8. The van der Waals surface area contributed by atoms with Gasteiger partial charge in [-0.3, -0.25) is 0 Å². The molecule has 4 unspecified atom stereocenters. The largest absolute Gasteiger partial charge is 0.460 e. The van der Waals surface area contributed by atoms with Crippen molar-refractivity contribution in [3.8, 4) is 0 Å². The molecule has 0 saturated heterocycles. The number of aliphatic hydroxyl groups is 5. The van der Waals surface area contributed by atoms with E-state index in [4.69, 9.17) is 10.2 Å². The van der Waals surface area contributed by atoms with Gasteiger partial charge in [0.1, 0.15) is 24.4 Å². The van der Waals surface area contributed by atoms with Gasteiger partial charge in [0.25, 0.3) is 0 Å². The standard InChI is InChI=1S/C16H17F17O6/c17-9(18,1-2-39-8(6(37)4-35)7(38)5(36)3-34)10(19,20)11(21,22)12(23,24)13(25,26)14(27,28)15(29,30)16(31,32)33/h5-8,34-38H,1-4H2. The zero-order chi connectivity index (χ0) is 31.8. The molecule has 0 rings (SSSR count). The van der Waals surface area contributed by atoms with Gasteiger partial charge in [-0.25, -0.2) is 0 Å². The van der Waals surface area contributed by atoms with Crippen molar-refractivity contribution in [3.63, 3.8) is 0 Å². The van der Waals surface area contributed by atoms with Crippen LogP contribution in [0.25, 0.3) is 0 Å². The Morgan fingerprint density at radius 1 is 0.487 bits per heavy atom. The molecule has 236 valence electrons. The minimum absolute atomic E-state index is 1.37. The van der Waals surface area contributed by atoms with E-state index in [1.54, 1.807) is 0 Å². The Morgan fingerprint density at radius 2 is 0.821 bits per heavy atom. The summed E-state index contributed by atoms with van der Waals surface area (Å²) in [7, 11) is 0. The average molecular weight is 628 g/mol. The van der Waals surface area contributed by atoms with E-state index in [0.717, 1.165) is 0 Å². The highest BCUT2D eigenvalue weighted by molar-refractivity contribution is 5.15. The molecule has 0 aliphatic rings. The number of alkyl halides is 17. The highest BCUT2D eigenvalue weighted by Gasteiger charge is 2.95. The molecule has 0 heterocycles. The van der Waals surface area contributed by atoms with Crippen LogP contribution in [0.3, 0.4) is 0 Å². The van der Waals surface area contributed by atoms with Crippen molar-refractivity contribution in [1.82, 2.24) is 0 Å². The smallest absolute Gasteiger partial charge is 0.394 e. The zero-order valence-corrected chi connectivity index (χ0v) is 18.2. The molecule has 0 bridgehead atoms. The van der Waals surface area contributed by atoms with Gasteiger partial charge in [-0.2, -0.15) is 74.6 Å². The fraction of sp³-hybridized carbons (Fsp3) is 1.00. The number of hydrogen-bond acceptors (Lipinski definition) is 6. The van der Waals surface area contributed by atoms with E-state index in [2.05, 4.69) is 4.74 Å². The lowest BCUT2D eigenvalue weighted by Gasteiger charge is -2.42. The van der Waals surface area contributed by atoms with E-state index in [0.29, 0.717) is 0 Å². The second kappa shape index (κ2) is 11.4. The predicted molar refractivity (Wildman–Crippen MR) is 87.2 cm³/mol. The minimum Gasteiger partial charge on any atom is -0.394 e. The van der Waals surface area contributed by atoms with Crippen LogP contribution in [0.4, 0.5) is 74.6 Å². The summed E-state index contributed by atoms with van der Waals surface area (Å²) in [5.41, 5.74) is 0. The van der Waals surface area contributed by atoms with Crippen LogP contribution in [-0.2, 0) is 4.74 Å². The Balaban J connectivity index is 6.30. The maximum atomic E-state index is 13.8. The van der Waals surface area contributed by atoms with E-state index in [9.17, 15) is 90.0 Å². The third-order valence-electron chi connectivity index (χ3n) is 5.00. The summed E-state index contributed by atoms with van der Waals surface area (Å²) < 4.78 is 229. The highest BCUT2D eigenvalue weighted by Crippen LogP contribution is 2.64. The summed E-state index contributed by atoms with van der Waals surface area (Å²) in [5, 5.41) is 45.5. The van der Waals surface area contributed by atoms with Crippen LogP contribution in [0.15, 0.2) is 0 Å². The van der Waals surface area contributed by atoms with Crippen LogP contribution in [0.1, 0.15) is 6.42 Å². The molecule has 5 N–H and O–H groups in total. The minimum atomic E-state index is -8.76. The van der Waals surface area contributed by atoms with Crippen LogP contribution in [0, 0.1) is 0 Å². The van der Waals surface area contributed by atoms with Crippen molar-refractivity contribution in [1.29, 1.82) is 0 Å². The zero-order valence-electron chi connectivity index (χ0n) is 18.2. The average Bonchev–Trinajstić information content (AvgIpc) is 2.78. The number of rotatable bonds is 15. The van der Waals surface area contributed by atoms with Gasteiger partial charge in [0, 0.05) is 6.42 Å². The number of ether oxygens (including phenoxy) is 1. The Bertz CT molecular complexity index is 803. The summed E-state index contributed by atoms with van der Waals surface area (Å²) in [4.78, 5) is 0. The Hall–Kier alpha value is -1.43. The summed E-state index contributed by atoms with van der Waals surface area (Å²) in [6, 6.07) is 0. The van der Waals surface area contributed by atoms with Crippen molar-refractivity contribution in [2.45, 2.75) is 78.5 Å². The van der Waals surface area contributed by atoms with Crippen LogP contribution in [0.2, 0.25) is 0 Å². The third kappa shape index (κ3) is 6.11. The molecule has 6 nitrogen and oxygen atoms in total. The molecule has 0 aromatic carbocycles. The van der Waals surface area contributed by atoms with Gasteiger partial charge in [0.05, 0.1) is 19.8 Å². The first-order chi connectivity index (χ1) is 17.0. The fourth-order valence-electron chi connectivity index (χ4n) is 2.54. The molecule has 0 aromatic rings. The Morgan fingerprint density at radius 3 is 1.15 bits per heavy atom. The molecule has 23 heteroatoms. The lowest BCUT2D eigenvalue weighted by Crippen LogP contribution is -2.74. The molecular weight excluding hydrogens is 611 g/mol. The molecule has 0 saturated carbocycles. The molecule has 0 radical (unpaired) electrons. The monoisotopic (exact) mass is 628 g/mol. The maximum Gasteiger partial charge on any atom is 0.460 e. The molecule has 0 amide bonds. The SMILES string of the molecule is OCC(O)C(O)C(OCCC(F)(F)C(F)(F)C(F)(F)C(F)(F)C(F)(F)C(F)(F)C(F)(F)C(F)(F)F)C(O)CO. The third-order valence-corrected chi connectivity index (χ3v) is 5.00. The second-order valence-electron chi connectivity index (χ2n) is 7.72. The normalized spacial score (nSPS) is 18.6. The van der Waals surface area contributed by atoms with E-state index < -0.39 is 98.3 Å². The van der Waals surface area contributed by atoms with Gasteiger partial charge in [0.15, 0.2) is 0 Å². The molecule has 0 aliphatic heterocycles. The van der Waals surface area contributed by atoms with Gasteiger partial charge in [0.2, 0.25) is 0 Å². The topological polar surface area (TPSA) is 110 Å². The van der Waals surface area contributed by atoms with E-state index in [-0.39, 0.29) is 0 Å². The molecule has 0 fully saturated rings. The summed E-state index contributed by atoms with van der Waals surface area (Å²) in [6.07, 6.45) is -20.7. The van der Waals surface area contributed by atoms with Crippen molar-refractivity contribution in [3.05, 3.63) is 0 Å². The lowest BCUT2D eigenvalue weighted by atomic mass is 9.88. The van der Waals surface area contributed by atoms with Gasteiger partial charge >= 0.3 is 47.6 Å². The Labute approximate surface area is 204 Å². The van der Waals surface area contributed by atoms with Crippen molar-refractivity contribution in [2.24, 2.45) is 0 Å². The highest BCUT2D eigenvalue weighted by atomic mass is 19.4. The first kappa shape index (κ1) is 37.6. The van der Waals surface area contributed by atoms with Gasteiger partial charge in [-0.15, -0.1) is 0 Å².